The first kappa shape index (κ1) is 15.0. The van der Waals surface area contributed by atoms with Gasteiger partial charge in [0.1, 0.15) is 5.82 Å². The van der Waals surface area contributed by atoms with Crippen molar-refractivity contribution in [1.29, 1.82) is 0 Å². The van der Waals surface area contributed by atoms with Gasteiger partial charge in [-0.05, 0) is 30.4 Å². The smallest absolute Gasteiger partial charge is 0.128 e. The summed E-state index contributed by atoms with van der Waals surface area (Å²) in [7, 11) is 0. The number of aliphatic hydroxyl groups excluding tert-OH is 1. The highest BCUT2D eigenvalue weighted by atomic mass is 16.3. The zero-order chi connectivity index (χ0) is 13.7. The molecule has 1 N–H and O–H groups in total. The van der Waals surface area contributed by atoms with Gasteiger partial charge >= 0.3 is 0 Å². The van der Waals surface area contributed by atoms with E-state index in [-0.39, 0.29) is 0 Å². The average molecular weight is 250 g/mol. The number of hydrogen-bond acceptors (Lipinski definition) is 3. The van der Waals surface area contributed by atoms with E-state index in [1.807, 2.05) is 12.1 Å². The first-order chi connectivity index (χ1) is 8.40. The lowest BCUT2D eigenvalue weighted by molar-refractivity contribution is 0.199. The average Bonchev–Trinajstić information content (AvgIpc) is 2.27. The fourth-order valence-electron chi connectivity index (χ4n) is 1.97. The molecule has 0 bridgehead atoms. The Kier molecular flexibility index (Phi) is 5.60. The monoisotopic (exact) mass is 250 g/mol. The number of nitrogens with zero attached hydrogens (tertiary/aromatic N) is 2. The molecular formula is C15H26N2O. The largest absolute Gasteiger partial charge is 0.389 e. The van der Waals surface area contributed by atoms with Crippen LogP contribution in [-0.4, -0.2) is 23.2 Å². The summed E-state index contributed by atoms with van der Waals surface area (Å²) in [5, 5.41) is 9.49. The molecule has 3 nitrogen and oxygen atoms in total. The quantitative estimate of drug-likeness (QED) is 0.842. The third-order valence-corrected chi connectivity index (χ3v) is 2.75. The molecule has 0 saturated heterocycles. The summed E-state index contributed by atoms with van der Waals surface area (Å²) >= 11 is 0. The van der Waals surface area contributed by atoms with Crippen LogP contribution >= 0.6 is 0 Å². The van der Waals surface area contributed by atoms with E-state index in [0.717, 1.165) is 24.5 Å². The fraction of sp³-hybridized carbons (Fsp3) is 0.667. The maximum Gasteiger partial charge on any atom is 0.128 e. The van der Waals surface area contributed by atoms with Gasteiger partial charge in [0.05, 0.1) is 6.10 Å². The topological polar surface area (TPSA) is 36.4 Å². The van der Waals surface area contributed by atoms with Gasteiger partial charge in [-0.1, -0.05) is 33.8 Å². The summed E-state index contributed by atoms with van der Waals surface area (Å²) in [4.78, 5) is 6.79. The maximum absolute atomic E-state index is 9.49. The van der Waals surface area contributed by atoms with Crippen LogP contribution in [0.15, 0.2) is 18.3 Å². The molecule has 0 aromatic carbocycles. The van der Waals surface area contributed by atoms with Gasteiger partial charge < -0.3 is 10.0 Å². The Bertz CT molecular complexity index is 334. The van der Waals surface area contributed by atoms with E-state index in [1.165, 1.54) is 0 Å². The van der Waals surface area contributed by atoms with E-state index >= 15 is 0 Å². The zero-order valence-corrected chi connectivity index (χ0v) is 12.2. The Balaban J connectivity index is 2.83. The second-order valence-electron chi connectivity index (χ2n) is 5.82. The lowest BCUT2D eigenvalue weighted by Crippen LogP contribution is -2.32. The van der Waals surface area contributed by atoms with Crippen molar-refractivity contribution in [1.82, 2.24) is 4.98 Å². The molecule has 1 aromatic heterocycles. The highest BCUT2D eigenvalue weighted by Crippen LogP contribution is 2.18. The zero-order valence-electron chi connectivity index (χ0n) is 12.2. The Morgan fingerprint density at radius 1 is 1.06 bits per heavy atom. The van der Waals surface area contributed by atoms with Crippen molar-refractivity contribution in [3.05, 3.63) is 23.9 Å². The standard InChI is InChI=1S/C15H26N2O/c1-11(2)9-17(10-12(3)4)15-7-6-14(8-16-15)13(5)18/h6-8,11-13,18H,9-10H2,1-5H3/t13-/m0/s1. The summed E-state index contributed by atoms with van der Waals surface area (Å²) in [5.74, 6) is 2.23. The second-order valence-corrected chi connectivity index (χ2v) is 5.82. The Labute approximate surface area is 111 Å². The molecule has 0 aliphatic carbocycles. The van der Waals surface area contributed by atoms with Crippen molar-refractivity contribution >= 4 is 5.82 Å². The van der Waals surface area contributed by atoms with Crippen molar-refractivity contribution < 1.29 is 5.11 Å². The highest BCUT2D eigenvalue weighted by Gasteiger charge is 2.12. The summed E-state index contributed by atoms with van der Waals surface area (Å²) in [6, 6.07) is 3.97. The maximum atomic E-state index is 9.49. The first-order valence-corrected chi connectivity index (χ1v) is 6.79. The minimum atomic E-state index is -0.449. The molecular weight excluding hydrogens is 224 g/mol. The molecule has 1 heterocycles. The van der Waals surface area contributed by atoms with Crippen LogP contribution in [0, 0.1) is 11.8 Å². The predicted octanol–water partition coefficient (Wildman–Crippen LogP) is 3.25. The van der Waals surface area contributed by atoms with Crippen molar-refractivity contribution in [3.63, 3.8) is 0 Å². The van der Waals surface area contributed by atoms with Crippen molar-refractivity contribution in [2.45, 2.75) is 40.7 Å². The molecule has 1 rings (SSSR count). The molecule has 18 heavy (non-hydrogen) atoms. The second kappa shape index (κ2) is 6.74. The van der Waals surface area contributed by atoms with Crippen LogP contribution in [-0.2, 0) is 0 Å². The Morgan fingerprint density at radius 3 is 1.94 bits per heavy atom. The molecule has 3 heteroatoms. The van der Waals surface area contributed by atoms with Crippen LogP contribution < -0.4 is 4.90 Å². The van der Waals surface area contributed by atoms with Crippen LogP contribution in [0.1, 0.15) is 46.3 Å². The molecule has 0 radical (unpaired) electrons. The first-order valence-electron chi connectivity index (χ1n) is 6.79. The van der Waals surface area contributed by atoms with Gasteiger partial charge in [-0.15, -0.1) is 0 Å². The van der Waals surface area contributed by atoms with Crippen LogP contribution in [0.3, 0.4) is 0 Å². The number of pyridine rings is 1. The molecule has 0 spiro atoms. The molecule has 102 valence electrons. The van der Waals surface area contributed by atoms with Crippen LogP contribution in [0.25, 0.3) is 0 Å². The minimum absolute atomic E-state index is 0.449. The van der Waals surface area contributed by atoms with Gasteiger partial charge in [0, 0.05) is 19.3 Å². The van der Waals surface area contributed by atoms with Crippen LogP contribution in [0.4, 0.5) is 5.82 Å². The molecule has 0 aliphatic heterocycles. The molecule has 0 unspecified atom stereocenters. The van der Waals surface area contributed by atoms with E-state index in [9.17, 15) is 5.11 Å². The third kappa shape index (κ3) is 4.65. The van der Waals surface area contributed by atoms with E-state index in [0.29, 0.717) is 11.8 Å². The van der Waals surface area contributed by atoms with Gasteiger partial charge in [-0.3, -0.25) is 0 Å². The minimum Gasteiger partial charge on any atom is -0.389 e. The predicted molar refractivity (Wildman–Crippen MR) is 76.8 cm³/mol. The molecule has 1 aromatic rings. The van der Waals surface area contributed by atoms with Crippen molar-refractivity contribution in [3.8, 4) is 0 Å². The normalized spacial score (nSPS) is 13.1. The lowest BCUT2D eigenvalue weighted by Gasteiger charge is -2.27. The lowest BCUT2D eigenvalue weighted by atomic mass is 10.1. The van der Waals surface area contributed by atoms with E-state index < -0.39 is 6.10 Å². The van der Waals surface area contributed by atoms with Gasteiger partial charge in [0.15, 0.2) is 0 Å². The van der Waals surface area contributed by atoms with Gasteiger partial charge in [-0.2, -0.15) is 0 Å². The molecule has 0 saturated carbocycles. The SMILES string of the molecule is CC(C)CN(CC(C)C)c1ccc([C@H](C)O)cn1. The van der Waals surface area contributed by atoms with Crippen molar-refractivity contribution in [2.24, 2.45) is 11.8 Å². The Hall–Kier alpha value is -1.09. The van der Waals surface area contributed by atoms with E-state index in [4.69, 9.17) is 0 Å². The summed E-state index contributed by atoms with van der Waals surface area (Å²) in [6.07, 6.45) is 1.32. The van der Waals surface area contributed by atoms with Crippen LogP contribution in [0.2, 0.25) is 0 Å². The fourth-order valence-corrected chi connectivity index (χ4v) is 1.97. The van der Waals surface area contributed by atoms with Gasteiger partial charge in [0.25, 0.3) is 0 Å². The number of rotatable bonds is 6. The summed E-state index contributed by atoms with van der Waals surface area (Å²) in [6.45, 7) is 12.7. The highest BCUT2D eigenvalue weighted by molar-refractivity contribution is 5.39. The number of anilines is 1. The van der Waals surface area contributed by atoms with E-state index in [1.54, 1.807) is 13.1 Å². The third-order valence-electron chi connectivity index (χ3n) is 2.75. The van der Waals surface area contributed by atoms with Gasteiger partial charge in [-0.25, -0.2) is 4.98 Å². The number of hydrogen-bond donors (Lipinski definition) is 1. The molecule has 1 atom stereocenters. The van der Waals surface area contributed by atoms with E-state index in [2.05, 4.69) is 37.6 Å². The molecule has 0 amide bonds. The number of aromatic nitrogens is 1. The summed E-state index contributed by atoms with van der Waals surface area (Å²) in [5.41, 5.74) is 0.868. The number of aliphatic hydroxyl groups is 1. The molecule has 0 aliphatic rings. The molecule has 0 fully saturated rings. The van der Waals surface area contributed by atoms with Crippen LogP contribution in [0.5, 0.6) is 0 Å². The summed E-state index contributed by atoms with van der Waals surface area (Å²) < 4.78 is 0. The Morgan fingerprint density at radius 2 is 1.61 bits per heavy atom. The van der Waals surface area contributed by atoms with Crippen molar-refractivity contribution in [2.75, 3.05) is 18.0 Å². The van der Waals surface area contributed by atoms with Gasteiger partial charge in [0.2, 0.25) is 0 Å².